The molecule has 6 nitrogen and oxygen atoms in total. The van der Waals surface area contributed by atoms with Crippen LogP contribution in [-0.4, -0.2) is 46.7 Å². The van der Waals surface area contributed by atoms with E-state index >= 15 is 0 Å². The van der Waals surface area contributed by atoms with Gasteiger partial charge in [-0.2, -0.15) is 0 Å². The molecule has 0 aliphatic carbocycles. The quantitative estimate of drug-likeness (QED) is 0.0867. The summed E-state index contributed by atoms with van der Waals surface area (Å²) in [7, 11) is 0. The zero-order valence-electron chi connectivity index (χ0n) is 21.4. The fourth-order valence-electron chi connectivity index (χ4n) is 3.83. The van der Waals surface area contributed by atoms with E-state index in [0.29, 0.717) is 23.0 Å². The Kier molecular flexibility index (Phi) is 8.29. The van der Waals surface area contributed by atoms with E-state index in [4.69, 9.17) is 6.15 Å². The molecule has 1 aromatic heterocycles. The van der Waals surface area contributed by atoms with E-state index in [2.05, 4.69) is 5.10 Å². The Labute approximate surface area is 228 Å². The number of para-hydroxylation sites is 1. The Bertz CT molecular complexity index is 1500. The Balaban J connectivity index is 1.76. The topological polar surface area (TPSA) is 70.4 Å². The third-order valence-corrected chi connectivity index (χ3v) is 9.57. The van der Waals surface area contributed by atoms with Crippen molar-refractivity contribution >= 4 is 30.8 Å². The van der Waals surface area contributed by atoms with Crippen LogP contribution in [0.4, 0.5) is 13.2 Å². The monoisotopic (exact) mass is 642 g/mol. The van der Waals surface area contributed by atoms with Crippen LogP contribution in [0, 0.1) is 6.92 Å². The van der Waals surface area contributed by atoms with Gasteiger partial charge in [0.25, 0.3) is 0 Å². The number of aryl methyl sites for hydroxylation is 1. The molecule has 0 saturated carbocycles. The molecule has 0 N–H and O–H groups in total. The average Bonchev–Trinajstić information content (AvgIpc) is 3.23. The van der Waals surface area contributed by atoms with E-state index in [1.807, 2.05) is 0 Å². The molecule has 0 aliphatic rings. The molecule has 4 rings (SSSR count). The summed E-state index contributed by atoms with van der Waals surface area (Å²) in [4.78, 5) is 29.0. The van der Waals surface area contributed by atoms with Gasteiger partial charge in [-0.15, -0.1) is 0 Å². The summed E-state index contributed by atoms with van der Waals surface area (Å²) in [6, 6.07) is 24.9. The van der Waals surface area contributed by atoms with E-state index in [1.165, 1.54) is 26.7 Å². The standard InChI is InChI=1S/C17H14N2O2.C10H7F3O2.2CH3.Sn/c1-12-15(16(20)13-8-4-2-5-9-13)17(21)19(18-12)14-10-6-3-7-11-14;11-10(12,13)9(15)6-8(14)7-4-2-1-3-5-7;;;/h2-11,21H,1H3;1-6,15H;2*1H3;/q;;;;+2/p-2/b;9-6-;;;. The van der Waals surface area contributed by atoms with E-state index in [1.54, 1.807) is 85.8 Å². The van der Waals surface area contributed by atoms with Crippen LogP contribution in [0.1, 0.15) is 32.0 Å². The minimum absolute atomic E-state index is 0.00994. The normalized spacial score (nSPS) is 12.2. The van der Waals surface area contributed by atoms with Crippen molar-refractivity contribution in [3.8, 4) is 11.6 Å². The molecule has 0 amide bonds. The molecular weight excluding hydrogens is 616 g/mol. The number of allylic oxidation sites excluding steroid dienone is 2. The summed E-state index contributed by atoms with van der Waals surface area (Å²) < 4.78 is 55.1. The molecule has 0 bridgehead atoms. The van der Waals surface area contributed by atoms with Gasteiger partial charge in [0.15, 0.2) is 0 Å². The number of ketones is 2. The average molecular weight is 641 g/mol. The number of alkyl halides is 3. The van der Waals surface area contributed by atoms with Crippen LogP contribution < -0.4 is 3.07 Å². The van der Waals surface area contributed by atoms with Gasteiger partial charge in [-0.25, -0.2) is 0 Å². The maximum absolute atomic E-state index is 14.0. The molecule has 4 aromatic rings. The Morgan fingerprint density at radius 2 is 1.36 bits per heavy atom. The summed E-state index contributed by atoms with van der Waals surface area (Å²) in [5.74, 6) is -2.70. The summed E-state index contributed by atoms with van der Waals surface area (Å²) >= 11 is -4.68. The molecule has 0 aliphatic heterocycles. The summed E-state index contributed by atoms with van der Waals surface area (Å²) in [6.07, 6.45) is -4.51. The number of benzene rings is 3. The third-order valence-electron chi connectivity index (χ3n) is 5.58. The van der Waals surface area contributed by atoms with Crippen molar-refractivity contribution in [2.75, 3.05) is 0 Å². The molecule has 0 saturated heterocycles. The van der Waals surface area contributed by atoms with E-state index in [9.17, 15) is 22.8 Å². The molecule has 0 spiro atoms. The second-order valence-corrected chi connectivity index (χ2v) is 18.2. The predicted octanol–water partition coefficient (Wildman–Crippen LogP) is 6.84. The van der Waals surface area contributed by atoms with Crippen LogP contribution in [-0.2, 0) is 3.07 Å². The molecule has 3 aromatic carbocycles. The molecule has 0 fully saturated rings. The first-order valence-corrected chi connectivity index (χ1v) is 20.0. The van der Waals surface area contributed by atoms with Gasteiger partial charge >= 0.3 is 229 Å². The van der Waals surface area contributed by atoms with Gasteiger partial charge in [0.2, 0.25) is 0 Å². The van der Waals surface area contributed by atoms with Crippen molar-refractivity contribution in [1.82, 2.24) is 9.78 Å². The molecule has 1 heterocycles. The maximum atomic E-state index is 14.0. The second kappa shape index (κ2) is 11.5. The van der Waals surface area contributed by atoms with Crippen LogP contribution in [0.3, 0.4) is 0 Å². The van der Waals surface area contributed by atoms with Gasteiger partial charge in [0.1, 0.15) is 0 Å². The van der Waals surface area contributed by atoms with E-state index in [-0.39, 0.29) is 17.0 Å². The SMILES string of the molecule is Cc1nn(-c2ccccc2)c([O][Sn]([CH3])([CH3])[O]/C(=C\C(=O)c2ccccc2)C(F)(F)F)c1C(=O)c1ccccc1. The van der Waals surface area contributed by atoms with Gasteiger partial charge < -0.3 is 0 Å². The van der Waals surface area contributed by atoms with Crippen LogP contribution in [0.25, 0.3) is 5.69 Å². The predicted molar refractivity (Wildman–Crippen MR) is 142 cm³/mol. The van der Waals surface area contributed by atoms with Crippen molar-refractivity contribution < 1.29 is 28.9 Å². The fraction of sp³-hybridized carbons (Fsp3) is 0.138. The summed E-state index contributed by atoms with van der Waals surface area (Å²) in [5.41, 5.74) is 1.48. The number of carbonyl (C=O) groups excluding carboxylic acids is 2. The van der Waals surface area contributed by atoms with Crippen LogP contribution >= 0.6 is 0 Å². The number of nitrogens with zero attached hydrogens (tertiary/aromatic N) is 2. The molecule has 10 heteroatoms. The van der Waals surface area contributed by atoms with Crippen molar-refractivity contribution in [2.45, 2.75) is 23.0 Å². The van der Waals surface area contributed by atoms with Crippen molar-refractivity contribution in [1.29, 1.82) is 0 Å². The molecule has 0 atom stereocenters. The van der Waals surface area contributed by atoms with Gasteiger partial charge in [0, 0.05) is 0 Å². The number of aromatic nitrogens is 2. The minimum atomic E-state index is -4.94. The number of halogens is 3. The Morgan fingerprint density at radius 3 is 1.90 bits per heavy atom. The van der Waals surface area contributed by atoms with Crippen LogP contribution in [0.15, 0.2) is 103 Å². The van der Waals surface area contributed by atoms with Crippen LogP contribution in [0.5, 0.6) is 5.88 Å². The third kappa shape index (κ3) is 6.78. The molecular formula is C29H25F3N2O4Sn. The van der Waals surface area contributed by atoms with Crippen molar-refractivity contribution in [2.24, 2.45) is 0 Å². The first-order chi connectivity index (χ1) is 18.5. The van der Waals surface area contributed by atoms with E-state index < -0.39 is 42.7 Å². The zero-order chi connectivity index (χ0) is 28.2. The Hall–Kier alpha value is -3.86. The summed E-state index contributed by atoms with van der Waals surface area (Å²) in [5, 5.41) is 4.49. The molecule has 0 unspecified atom stereocenters. The molecule has 0 radical (unpaired) electrons. The first-order valence-electron chi connectivity index (χ1n) is 12.0. The van der Waals surface area contributed by atoms with Gasteiger partial charge in [-0.3, -0.25) is 0 Å². The van der Waals surface area contributed by atoms with Gasteiger partial charge in [-0.1, -0.05) is 0 Å². The van der Waals surface area contributed by atoms with Gasteiger partial charge in [-0.05, 0) is 0 Å². The first kappa shape index (κ1) is 28.2. The van der Waals surface area contributed by atoms with Crippen molar-refractivity contribution in [3.63, 3.8) is 0 Å². The second-order valence-electron chi connectivity index (χ2n) is 9.05. The summed E-state index contributed by atoms with van der Waals surface area (Å²) in [6.45, 7) is 1.63. The fourth-order valence-corrected chi connectivity index (χ4v) is 7.83. The number of hydrogen-bond acceptors (Lipinski definition) is 5. The van der Waals surface area contributed by atoms with E-state index in [0.717, 1.165) is 0 Å². The number of hydrogen-bond donors (Lipinski definition) is 0. The number of carbonyl (C=O) groups is 2. The number of rotatable bonds is 9. The molecule has 39 heavy (non-hydrogen) atoms. The zero-order valence-corrected chi connectivity index (χ0v) is 24.3. The molecule has 200 valence electrons. The van der Waals surface area contributed by atoms with Crippen molar-refractivity contribution in [3.05, 3.63) is 125 Å². The van der Waals surface area contributed by atoms with Crippen LogP contribution in [0.2, 0.25) is 9.88 Å². The Morgan fingerprint density at radius 1 is 0.846 bits per heavy atom. The van der Waals surface area contributed by atoms with Gasteiger partial charge in [0.05, 0.1) is 0 Å².